The van der Waals surface area contributed by atoms with Gasteiger partial charge < -0.3 is 10.1 Å². The number of rotatable bonds is 6. The molecule has 1 N–H and O–H groups in total. The van der Waals surface area contributed by atoms with Crippen LogP contribution in [0.1, 0.15) is 18.4 Å². The van der Waals surface area contributed by atoms with Gasteiger partial charge in [0.2, 0.25) is 15.9 Å². The predicted molar refractivity (Wildman–Crippen MR) is 119 cm³/mol. The van der Waals surface area contributed by atoms with Crippen LogP contribution in [0.3, 0.4) is 0 Å². The first-order valence-corrected chi connectivity index (χ1v) is 12.3. The standard InChI is InChI=1S/C23H28FN3O4S/c24-20-5-3-18(4-6-20)16-26-11-1-2-19(17-26)23(28)25-21-7-9-22(10-8-21)32(29,30)27-12-14-31-15-13-27/h3-10,19H,1-2,11-17H2,(H,25,28). The highest BCUT2D eigenvalue weighted by molar-refractivity contribution is 7.89. The second kappa shape index (κ2) is 10.1. The van der Waals surface area contributed by atoms with Crippen molar-refractivity contribution in [3.05, 3.63) is 59.9 Å². The number of hydrogen-bond donors (Lipinski definition) is 1. The number of amides is 1. The third-order valence-electron chi connectivity index (χ3n) is 5.93. The summed E-state index contributed by atoms with van der Waals surface area (Å²) in [6, 6.07) is 12.8. The van der Waals surface area contributed by atoms with Crippen LogP contribution in [0.4, 0.5) is 10.1 Å². The number of carbonyl (C=O) groups excluding carboxylic acids is 1. The SMILES string of the molecule is O=C(Nc1ccc(S(=O)(=O)N2CCOCC2)cc1)C1CCCN(Cc2ccc(F)cc2)C1. The molecule has 32 heavy (non-hydrogen) atoms. The number of benzene rings is 2. The van der Waals surface area contributed by atoms with Crippen LogP contribution in [-0.4, -0.2) is 62.9 Å². The molecule has 1 unspecified atom stereocenters. The fraction of sp³-hybridized carbons (Fsp3) is 0.435. The number of likely N-dealkylation sites (tertiary alicyclic amines) is 1. The molecule has 0 radical (unpaired) electrons. The highest BCUT2D eigenvalue weighted by Gasteiger charge is 2.28. The van der Waals surface area contributed by atoms with Crippen molar-refractivity contribution >= 4 is 21.6 Å². The van der Waals surface area contributed by atoms with Crippen LogP contribution >= 0.6 is 0 Å². The van der Waals surface area contributed by atoms with E-state index < -0.39 is 10.0 Å². The first kappa shape index (κ1) is 22.8. The summed E-state index contributed by atoms with van der Waals surface area (Å²) in [6.45, 7) is 3.69. The summed E-state index contributed by atoms with van der Waals surface area (Å²) >= 11 is 0. The maximum absolute atomic E-state index is 13.1. The topological polar surface area (TPSA) is 79.0 Å². The minimum Gasteiger partial charge on any atom is -0.379 e. The molecule has 0 saturated carbocycles. The van der Waals surface area contributed by atoms with E-state index in [0.717, 1.165) is 24.9 Å². The van der Waals surface area contributed by atoms with Gasteiger partial charge in [-0.2, -0.15) is 4.31 Å². The van der Waals surface area contributed by atoms with Crippen LogP contribution in [-0.2, 0) is 26.1 Å². The Morgan fingerprint density at radius 1 is 1.03 bits per heavy atom. The molecule has 2 aliphatic heterocycles. The zero-order valence-electron chi connectivity index (χ0n) is 17.9. The van der Waals surface area contributed by atoms with E-state index in [-0.39, 0.29) is 22.5 Å². The van der Waals surface area contributed by atoms with Crippen molar-refractivity contribution in [3.8, 4) is 0 Å². The highest BCUT2D eigenvalue weighted by atomic mass is 32.2. The van der Waals surface area contributed by atoms with Gasteiger partial charge >= 0.3 is 0 Å². The molecule has 9 heteroatoms. The Balaban J connectivity index is 1.34. The molecule has 2 aromatic carbocycles. The van der Waals surface area contributed by atoms with Gasteiger partial charge in [0.05, 0.1) is 24.0 Å². The Hall–Kier alpha value is -2.33. The summed E-state index contributed by atoms with van der Waals surface area (Å²) in [5.41, 5.74) is 1.59. The summed E-state index contributed by atoms with van der Waals surface area (Å²) in [4.78, 5) is 15.2. The third-order valence-corrected chi connectivity index (χ3v) is 7.84. The van der Waals surface area contributed by atoms with Gasteiger partial charge in [-0.25, -0.2) is 12.8 Å². The minimum atomic E-state index is -3.56. The number of piperidine rings is 1. The van der Waals surface area contributed by atoms with E-state index in [1.807, 2.05) is 0 Å². The van der Waals surface area contributed by atoms with Gasteiger partial charge in [-0.1, -0.05) is 12.1 Å². The molecule has 0 aromatic heterocycles. The second-order valence-electron chi connectivity index (χ2n) is 8.23. The number of anilines is 1. The van der Waals surface area contributed by atoms with Gasteiger partial charge in [0.15, 0.2) is 0 Å². The van der Waals surface area contributed by atoms with Crippen LogP contribution in [0, 0.1) is 11.7 Å². The van der Waals surface area contributed by atoms with E-state index in [1.54, 1.807) is 24.3 Å². The van der Waals surface area contributed by atoms with E-state index in [0.29, 0.717) is 45.1 Å². The van der Waals surface area contributed by atoms with Gasteiger partial charge in [-0.15, -0.1) is 0 Å². The van der Waals surface area contributed by atoms with E-state index in [2.05, 4.69) is 10.2 Å². The number of morpholine rings is 1. The normalized spacial score (nSPS) is 20.7. The van der Waals surface area contributed by atoms with Crippen molar-refractivity contribution < 1.29 is 22.3 Å². The summed E-state index contributed by atoms with van der Waals surface area (Å²) in [5.74, 6) is -0.480. The molecule has 2 heterocycles. The quantitative estimate of drug-likeness (QED) is 0.716. The van der Waals surface area contributed by atoms with Crippen LogP contribution in [0.15, 0.2) is 53.4 Å². The molecular formula is C23H28FN3O4S. The smallest absolute Gasteiger partial charge is 0.243 e. The van der Waals surface area contributed by atoms with E-state index in [1.165, 1.54) is 28.6 Å². The Morgan fingerprint density at radius 3 is 2.41 bits per heavy atom. The Bertz CT molecular complexity index is 1020. The number of sulfonamides is 1. The number of halogens is 1. The van der Waals surface area contributed by atoms with Crippen molar-refractivity contribution in [2.75, 3.05) is 44.7 Å². The maximum atomic E-state index is 13.1. The lowest BCUT2D eigenvalue weighted by Crippen LogP contribution is -2.40. The first-order valence-electron chi connectivity index (χ1n) is 10.9. The fourth-order valence-electron chi connectivity index (χ4n) is 4.15. The van der Waals surface area contributed by atoms with E-state index in [4.69, 9.17) is 4.74 Å². The maximum Gasteiger partial charge on any atom is 0.243 e. The first-order chi connectivity index (χ1) is 15.4. The van der Waals surface area contributed by atoms with E-state index in [9.17, 15) is 17.6 Å². The molecule has 2 saturated heterocycles. The van der Waals surface area contributed by atoms with Gasteiger partial charge in [0.25, 0.3) is 0 Å². The lowest BCUT2D eigenvalue weighted by Gasteiger charge is -2.32. The molecule has 2 fully saturated rings. The number of nitrogens with zero attached hydrogens (tertiary/aromatic N) is 2. The summed E-state index contributed by atoms with van der Waals surface area (Å²) in [7, 11) is -3.56. The lowest BCUT2D eigenvalue weighted by molar-refractivity contribution is -0.121. The largest absolute Gasteiger partial charge is 0.379 e. The molecule has 0 aliphatic carbocycles. The average molecular weight is 462 g/mol. The van der Waals surface area contributed by atoms with Gasteiger partial charge in [0, 0.05) is 31.9 Å². The molecule has 172 valence electrons. The molecule has 4 rings (SSSR count). The monoisotopic (exact) mass is 461 g/mol. The van der Waals surface area contributed by atoms with Crippen molar-refractivity contribution in [2.45, 2.75) is 24.3 Å². The second-order valence-corrected chi connectivity index (χ2v) is 10.2. The van der Waals surface area contributed by atoms with Crippen LogP contribution in [0.5, 0.6) is 0 Å². The van der Waals surface area contributed by atoms with Crippen LogP contribution in [0.25, 0.3) is 0 Å². The molecule has 2 aliphatic rings. The minimum absolute atomic E-state index is 0.0717. The Labute approximate surface area is 188 Å². The lowest BCUT2D eigenvalue weighted by atomic mass is 9.96. The predicted octanol–water partition coefficient (Wildman–Crippen LogP) is 2.70. The van der Waals surface area contributed by atoms with Gasteiger partial charge in [0.1, 0.15) is 5.82 Å². The third kappa shape index (κ3) is 5.53. The fourth-order valence-corrected chi connectivity index (χ4v) is 5.56. The molecule has 0 spiro atoms. The molecule has 0 bridgehead atoms. The number of nitrogens with one attached hydrogen (secondary N) is 1. The van der Waals surface area contributed by atoms with Crippen LogP contribution < -0.4 is 5.32 Å². The summed E-state index contributed by atoms with van der Waals surface area (Å²) < 4.78 is 45.2. The Morgan fingerprint density at radius 2 is 1.72 bits per heavy atom. The molecule has 1 amide bonds. The molecule has 7 nitrogen and oxygen atoms in total. The van der Waals surface area contributed by atoms with Crippen molar-refractivity contribution in [3.63, 3.8) is 0 Å². The van der Waals surface area contributed by atoms with Crippen LogP contribution in [0.2, 0.25) is 0 Å². The summed E-state index contributed by atoms with van der Waals surface area (Å²) in [6.07, 6.45) is 1.71. The number of carbonyl (C=O) groups is 1. The van der Waals surface area contributed by atoms with Crippen molar-refractivity contribution in [2.24, 2.45) is 5.92 Å². The molecule has 1 atom stereocenters. The van der Waals surface area contributed by atoms with Gasteiger partial charge in [-0.3, -0.25) is 9.69 Å². The molecule has 2 aromatic rings. The number of ether oxygens (including phenoxy) is 1. The van der Waals surface area contributed by atoms with E-state index >= 15 is 0 Å². The molecular weight excluding hydrogens is 433 g/mol. The highest BCUT2D eigenvalue weighted by Crippen LogP contribution is 2.23. The average Bonchev–Trinajstić information content (AvgIpc) is 2.82. The number of hydrogen-bond acceptors (Lipinski definition) is 5. The Kier molecular flexibility index (Phi) is 7.20. The van der Waals surface area contributed by atoms with Gasteiger partial charge in [-0.05, 0) is 61.3 Å². The summed E-state index contributed by atoms with van der Waals surface area (Å²) in [5, 5.41) is 2.92. The zero-order chi connectivity index (χ0) is 22.6. The van der Waals surface area contributed by atoms with Crippen molar-refractivity contribution in [1.82, 2.24) is 9.21 Å². The van der Waals surface area contributed by atoms with Crippen molar-refractivity contribution in [1.29, 1.82) is 0 Å². The zero-order valence-corrected chi connectivity index (χ0v) is 18.7.